The first-order valence-electron chi connectivity index (χ1n) is 13.5. The number of aromatic amines is 1. The van der Waals surface area contributed by atoms with Gasteiger partial charge in [0.05, 0.1) is 33.6 Å². The Hall–Kier alpha value is -4.46. The predicted molar refractivity (Wildman–Crippen MR) is 152 cm³/mol. The summed E-state index contributed by atoms with van der Waals surface area (Å²) in [4.78, 5) is 35.1. The van der Waals surface area contributed by atoms with Crippen LogP contribution in [0.5, 0.6) is 17.2 Å². The molecule has 206 valence electrons. The molecule has 2 aliphatic rings. The van der Waals surface area contributed by atoms with E-state index in [0.717, 1.165) is 39.0 Å². The van der Waals surface area contributed by atoms with Gasteiger partial charge in [0.1, 0.15) is 5.75 Å². The normalized spacial score (nSPS) is 20.4. The largest absolute Gasteiger partial charge is 0.496 e. The lowest BCUT2D eigenvalue weighted by Gasteiger charge is -2.51. The number of nitrogens with zero attached hydrogens (tertiary/aromatic N) is 2. The predicted octanol–water partition coefficient (Wildman–Crippen LogP) is 4.47. The fourth-order valence-electron chi connectivity index (χ4n) is 6.39. The van der Waals surface area contributed by atoms with Gasteiger partial charge in [-0.1, -0.05) is 42.5 Å². The average Bonchev–Trinajstić information content (AvgIpc) is 3.39. The second-order valence-electron chi connectivity index (χ2n) is 10.5. The fraction of sp³-hybridized carbons (Fsp3) is 0.312. The smallest absolute Gasteiger partial charge is 0.254 e. The van der Waals surface area contributed by atoms with Crippen molar-refractivity contribution in [1.82, 2.24) is 14.8 Å². The second kappa shape index (κ2) is 9.93. The van der Waals surface area contributed by atoms with Gasteiger partial charge in [-0.15, -0.1) is 0 Å². The molecular formula is C32H33N3O5. The number of nitrogens with one attached hydrogen (secondary N) is 1. The maximum Gasteiger partial charge on any atom is 0.254 e. The average molecular weight is 540 g/mol. The lowest BCUT2D eigenvalue weighted by atomic mass is 9.76. The highest BCUT2D eigenvalue weighted by Gasteiger charge is 2.56. The zero-order chi connectivity index (χ0) is 28.0. The van der Waals surface area contributed by atoms with E-state index in [1.165, 1.54) is 0 Å². The molecule has 4 aromatic rings. The first-order chi connectivity index (χ1) is 19.4. The number of carbonyl (C=O) groups excluding carboxylic acids is 2. The monoisotopic (exact) mass is 539 g/mol. The number of aromatic nitrogens is 1. The van der Waals surface area contributed by atoms with Crippen LogP contribution >= 0.6 is 0 Å². The van der Waals surface area contributed by atoms with Crippen LogP contribution in [-0.2, 0) is 21.5 Å². The summed E-state index contributed by atoms with van der Waals surface area (Å²) in [7, 11) is 4.86. The van der Waals surface area contributed by atoms with Crippen molar-refractivity contribution in [3.8, 4) is 17.2 Å². The zero-order valence-corrected chi connectivity index (χ0v) is 23.2. The molecule has 40 heavy (non-hydrogen) atoms. The van der Waals surface area contributed by atoms with Crippen molar-refractivity contribution >= 4 is 22.7 Å². The third-order valence-electron chi connectivity index (χ3n) is 8.45. The zero-order valence-electron chi connectivity index (χ0n) is 23.2. The molecule has 0 bridgehead atoms. The number of para-hydroxylation sites is 2. The number of rotatable bonds is 7. The van der Waals surface area contributed by atoms with Gasteiger partial charge < -0.3 is 29.0 Å². The Labute approximate surface area is 233 Å². The minimum Gasteiger partial charge on any atom is -0.496 e. The Morgan fingerprint density at radius 1 is 0.900 bits per heavy atom. The highest BCUT2D eigenvalue weighted by molar-refractivity contribution is 6.01. The number of carbonyl (C=O) groups is 2. The van der Waals surface area contributed by atoms with Gasteiger partial charge in [0.2, 0.25) is 5.91 Å². The second-order valence-corrected chi connectivity index (χ2v) is 10.5. The van der Waals surface area contributed by atoms with E-state index in [0.29, 0.717) is 31.0 Å². The van der Waals surface area contributed by atoms with Crippen LogP contribution in [0.3, 0.4) is 0 Å². The molecule has 1 N–H and O–H groups in total. The summed E-state index contributed by atoms with van der Waals surface area (Å²) in [6.45, 7) is 2.72. The SMILES string of the molecule is COc1ccc(CCN2CC(=O)N3CC(c4ccccc4OC)c4c([nH]c5ccccc45)[C@@]3(C)C2=O)cc1OC. The minimum atomic E-state index is -1.15. The van der Waals surface area contributed by atoms with E-state index in [-0.39, 0.29) is 24.3 Å². The Balaban J connectivity index is 1.40. The minimum absolute atomic E-state index is 0.0376. The van der Waals surface area contributed by atoms with E-state index in [1.54, 1.807) is 31.1 Å². The Morgan fingerprint density at radius 2 is 1.62 bits per heavy atom. The van der Waals surface area contributed by atoms with E-state index >= 15 is 0 Å². The lowest BCUT2D eigenvalue weighted by molar-refractivity contribution is -0.166. The van der Waals surface area contributed by atoms with Crippen molar-refractivity contribution in [2.24, 2.45) is 0 Å². The number of methoxy groups -OCH3 is 3. The Morgan fingerprint density at radius 3 is 2.40 bits per heavy atom. The van der Waals surface area contributed by atoms with Gasteiger partial charge in [0, 0.05) is 35.5 Å². The van der Waals surface area contributed by atoms with Gasteiger partial charge in [-0.25, -0.2) is 0 Å². The molecule has 0 saturated carbocycles. The quantitative estimate of drug-likeness (QED) is 0.375. The number of fused-ring (bicyclic) bond motifs is 5. The fourth-order valence-corrected chi connectivity index (χ4v) is 6.39. The molecule has 2 aliphatic heterocycles. The van der Waals surface area contributed by atoms with Crippen LogP contribution in [0, 0.1) is 0 Å². The molecule has 1 unspecified atom stereocenters. The number of hydrogen-bond donors (Lipinski definition) is 1. The topological polar surface area (TPSA) is 84.1 Å². The molecule has 3 aromatic carbocycles. The Bertz CT molecular complexity index is 1610. The van der Waals surface area contributed by atoms with Crippen LogP contribution in [0.15, 0.2) is 66.7 Å². The summed E-state index contributed by atoms with van der Waals surface area (Å²) in [6, 6.07) is 21.7. The van der Waals surface area contributed by atoms with Gasteiger partial charge in [-0.2, -0.15) is 0 Å². The highest BCUT2D eigenvalue weighted by atomic mass is 16.5. The summed E-state index contributed by atoms with van der Waals surface area (Å²) < 4.78 is 16.5. The van der Waals surface area contributed by atoms with Crippen molar-refractivity contribution in [3.63, 3.8) is 0 Å². The first-order valence-corrected chi connectivity index (χ1v) is 13.5. The molecule has 0 aliphatic carbocycles. The molecule has 3 heterocycles. The molecule has 0 spiro atoms. The molecule has 1 aromatic heterocycles. The summed E-state index contributed by atoms with van der Waals surface area (Å²) in [5.41, 5.74) is 3.59. The van der Waals surface area contributed by atoms with Crippen LogP contribution in [-0.4, -0.2) is 67.6 Å². The summed E-state index contributed by atoms with van der Waals surface area (Å²) in [6.07, 6.45) is 0.582. The first kappa shape index (κ1) is 25.8. The van der Waals surface area contributed by atoms with Crippen molar-refractivity contribution < 1.29 is 23.8 Å². The van der Waals surface area contributed by atoms with E-state index in [2.05, 4.69) is 11.1 Å². The third kappa shape index (κ3) is 3.89. The lowest BCUT2D eigenvalue weighted by Crippen LogP contribution is -2.67. The van der Waals surface area contributed by atoms with Gasteiger partial charge in [0.15, 0.2) is 17.0 Å². The number of ether oxygens (including phenoxy) is 3. The van der Waals surface area contributed by atoms with E-state index in [9.17, 15) is 9.59 Å². The van der Waals surface area contributed by atoms with E-state index < -0.39 is 5.54 Å². The standard InChI is InChI=1S/C32H33N3O5/c1-32-30-29(22-10-5-7-11-24(22)33-30)23(21-9-6-8-12-25(21)38-2)18-35(32)28(36)19-34(31(32)37)16-15-20-13-14-26(39-3)27(17-20)40-4/h5-14,17,23,33H,15-16,18-19H2,1-4H3/t23?,32-/m0/s1. The van der Waals surface area contributed by atoms with Crippen molar-refractivity contribution in [2.75, 3.05) is 41.0 Å². The Kier molecular flexibility index (Phi) is 6.41. The van der Waals surface area contributed by atoms with Crippen LogP contribution in [0.2, 0.25) is 0 Å². The molecule has 0 radical (unpaired) electrons. The van der Waals surface area contributed by atoms with Crippen molar-refractivity contribution in [2.45, 2.75) is 24.8 Å². The van der Waals surface area contributed by atoms with Crippen molar-refractivity contribution in [1.29, 1.82) is 0 Å². The van der Waals surface area contributed by atoms with E-state index in [1.807, 2.05) is 67.6 Å². The number of amides is 2. The van der Waals surface area contributed by atoms with Gasteiger partial charge in [-0.3, -0.25) is 9.59 Å². The maximum atomic E-state index is 14.3. The molecule has 8 heteroatoms. The molecule has 1 saturated heterocycles. The molecule has 6 rings (SSSR count). The number of benzene rings is 3. The van der Waals surface area contributed by atoms with Gasteiger partial charge >= 0.3 is 0 Å². The number of hydrogen-bond acceptors (Lipinski definition) is 5. The molecule has 8 nitrogen and oxygen atoms in total. The highest BCUT2D eigenvalue weighted by Crippen LogP contribution is 2.49. The van der Waals surface area contributed by atoms with Crippen LogP contribution in [0.25, 0.3) is 10.9 Å². The maximum absolute atomic E-state index is 14.3. The molecule has 1 fully saturated rings. The summed E-state index contributed by atoms with van der Waals surface area (Å²) in [5.74, 6) is 1.75. The van der Waals surface area contributed by atoms with Crippen LogP contribution < -0.4 is 14.2 Å². The van der Waals surface area contributed by atoms with Gasteiger partial charge in [-0.05, 0) is 48.7 Å². The number of piperazine rings is 1. The number of H-pyrrole nitrogens is 1. The third-order valence-corrected chi connectivity index (χ3v) is 8.45. The summed E-state index contributed by atoms with van der Waals surface area (Å²) >= 11 is 0. The van der Waals surface area contributed by atoms with Crippen molar-refractivity contribution in [3.05, 3.63) is 89.1 Å². The molecule has 2 atom stereocenters. The van der Waals surface area contributed by atoms with Crippen LogP contribution in [0.1, 0.15) is 35.2 Å². The van der Waals surface area contributed by atoms with Gasteiger partial charge in [0.25, 0.3) is 5.91 Å². The summed E-state index contributed by atoms with van der Waals surface area (Å²) in [5, 5.41) is 1.05. The molecular weight excluding hydrogens is 506 g/mol. The molecule has 2 amide bonds. The van der Waals surface area contributed by atoms with E-state index in [4.69, 9.17) is 14.2 Å². The van der Waals surface area contributed by atoms with Crippen LogP contribution in [0.4, 0.5) is 0 Å².